The predicted molar refractivity (Wildman–Crippen MR) is 95.0 cm³/mol. The van der Waals surface area contributed by atoms with Crippen LogP contribution in [0.1, 0.15) is 61.7 Å². The van der Waals surface area contributed by atoms with Crippen molar-refractivity contribution in [2.24, 2.45) is 0 Å². The van der Waals surface area contributed by atoms with E-state index in [-0.39, 0.29) is 0 Å². The third-order valence-corrected chi connectivity index (χ3v) is 6.64. The summed E-state index contributed by atoms with van der Waals surface area (Å²) in [4.78, 5) is 8.21. The zero-order valence-electron chi connectivity index (χ0n) is 14.2. The Morgan fingerprint density at radius 3 is 1.61 bits per heavy atom. The first-order valence-corrected chi connectivity index (χ1v) is 9.78. The monoisotopic (exact) mass is 311 g/mol. The second-order valence-corrected chi connectivity index (χ2v) is 7.87. The summed E-state index contributed by atoms with van der Waals surface area (Å²) in [5.41, 5.74) is 4.90. The minimum absolute atomic E-state index is 0.682. The Labute approximate surface area is 140 Å². The van der Waals surface area contributed by atoms with Gasteiger partial charge >= 0.3 is 0 Å². The van der Waals surface area contributed by atoms with E-state index < -0.39 is 0 Å². The molecule has 3 nitrogen and oxygen atoms in total. The van der Waals surface area contributed by atoms with Crippen LogP contribution in [0, 0.1) is 0 Å². The van der Waals surface area contributed by atoms with Gasteiger partial charge in [-0.25, -0.2) is 0 Å². The normalized spacial score (nSPS) is 31.6. The summed E-state index contributed by atoms with van der Waals surface area (Å²) in [6.45, 7) is 7.76. The average molecular weight is 311 g/mol. The highest BCUT2D eigenvalue weighted by Gasteiger charge is 2.37. The van der Waals surface area contributed by atoms with E-state index in [2.05, 4.69) is 32.9 Å². The Morgan fingerprint density at radius 2 is 1.13 bits per heavy atom. The molecule has 2 atom stereocenters. The molecule has 1 aromatic rings. The van der Waals surface area contributed by atoms with Crippen molar-refractivity contribution in [3.05, 3.63) is 29.3 Å². The number of benzene rings is 1. The standard InChI is InChI=1S/C20H29N3/c1-2-11-21(10-1)18-8-14-23-15-9-19(22-12-3-4-13-22)17-7-5-6-16(18)20(17)23/h5-7,18-19H,1-4,8-15H2/t18-,19?/m1/s1. The smallest absolute Gasteiger partial charge is 0.0463 e. The molecule has 1 unspecified atom stereocenters. The SMILES string of the molecule is c1cc2c3c(c1)[C@H](N1CCCC1)CCN3CCC2N1CCCC1. The van der Waals surface area contributed by atoms with Gasteiger partial charge in [-0.3, -0.25) is 9.80 Å². The van der Waals surface area contributed by atoms with Crippen LogP contribution in [0.4, 0.5) is 5.69 Å². The lowest BCUT2D eigenvalue weighted by molar-refractivity contribution is 0.211. The number of likely N-dealkylation sites (tertiary alicyclic amines) is 2. The zero-order valence-corrected chi connectivity index (χ0v) is 14.2. The van der Waals surface area contributed by atoms with Gasteiger partial charge in [-0.2, -0.15) is 0 Å². The van der Waals surface area contributed by atoms with Crippen molar-refractivity contribution in [1.29, 1.82) is 0 Å². The van der Waals surface area contributed by atoms with Gasteiger partial charge in [0.05, 0.1) is 0 Å². The Morgan fingerprint density at radius 1 is 0.652 bits per heavy atom. The van der Waals surface area contributed by atoms with Crippen LogP contribution in [-0.2, 0) is 0 Å². The summed E-state index contributed by atoms with van der Waals surface area (Å²) >= 11 is 0. The van der Waals surface area contributed by atoms with Gasteiger partial charge in [0.15, 0.2) is 0 Å². The molecule has 124 valence electrons. The van der Waals surface area contributed by atoms with Crippen molar-refractivity contribution in [2.75, 3.05) is 44.2 Å². The minimum Gasteiger partial charge on any atom is -0.371 e. The van der Waals surface area contributed by atoms with Crippen molar-refractivity contribution in [3.63, 3.8) is 0 Å². The van der Waals surface area contributed by atoms with Crippen molar-refractivity contribution in [1.82, 2.24) is 9.80 Å². The fraction of sp³-hybridized carbons (Fsp3) is 0.700. The molecule has 0 aliphatic carbocycles. The summed E-state index contributed by atoms with van der Waals surface area (Å²) in [6.07, 6.45) is 8.23. The molecule has 0 bridgehead atoms. The summed E-state index contributed by atoms with van der Waals surface area (Å²) in [5, 5.41) is 0. The first kappa shape index (κ1) is 14.3. The largest absolute Gasteiger partial charge is 0.371 e. The number of nitrogens with zero attached hydrogens (tertiary/aromatic N) is 3. The van der Waals surface area contributed by atoms with E-state index in [1.807, 2.05) is 0 Å². The van der Waals surface area contributed by atoms with Crippen molar-refractivity contribution < 1.29 is 0 Å². The summed E-state index contributed by atoms with van der Waals surface area (Å²) in [5.74, 6) is 0. The second kappa shape index (κ2) is 5.78. The molecule has 4 aliphatic rings. The lowest BCUT2D eigenvalue weighted by atomic mass is 9.86. The Balaban J connectivity index is 1.54. The van der Waals surface area contributed by atoms with Gasteiger partial charge < -0.3 is 4.90 Å². The Kier molecular flexibility index (Phi) is 3.60. The molecule has 0 saturated carbocycles. The van der Waals surface area contributed by atoms with E-state index in [4.69, 9.17) is 0 Å². The molecule has 0 aromatic heterocycles. The molecule has 0 radical (unpaired) electrons. The van der Waals surface area contributed by atoms with Crippen LogP contribution in [0.3, 0.4) is 0 Å². The molecule has 3 heteroatoms. The van der Waals surface area contributed by atoms with Crippen molar-refractivity contribution in [2.45, 2.75) is 50.6 Å². The van der Waals surface area contributed by atoms with Crippen LogP contribution in [0.2, 0.25) is 0 Å². The molecule has 0 amide bonds. The van der Waals surface area contributed by atoms with Gasteiger partial charge in [0.2, 0.25) is 0 Å². The Bertz CT molecular complexity index is 526. The highest BCUT2D eigenvalue weighted by molar-refractivity contribution is 5.65. The number of rotatable bonds is 2. The maximum absolute atomic E-state index is 2.76. The molecule has 2 saturated heterocycles. The maximum Gasteiger partial charge on any atom is 0.0463 e. The van der Waals surface area contributed by atoms with Crippen LogP contribution in [-0.4, -0.2) is 49.1 Å². The molecule has 0 spiro atoms. The number of para-hydroxylation sites is 1. The molecule has 0 N–H and O–H groups in total. The van der Waals surface area contributed by atoms with Gasteiger partial charge in [0, 0.05) is 30.9 Å². The van der Waals surface area contributed by atoms with Gasteiger partial charge in [0.1, 0.15) is 0 Å². The minimum atomic E-state index is 0.682. The molecule has 2 fully saturated rings. The summed E-state index contributed by atoms with van der Waals surface area (Å²) in [6, 6.07) is 8.57. The summed E-state index contributed by atoms with van der Waals surface area (Å²) < 4.78 is 0. The third-order valence-electron chi connectivity index (χ3n) is 6.64. The fourth-order valence-electron chi connectivity index (χ4n) is 5.55. The molecular formula is C20H29N3. The highest BCUT2D eigenvalue weighted by atomic mass is 15.2. The van der Waals surface area contributed by atoms with Crippen LogP contribution in [0.25, 0.3) is 0 Å². The van der Waals surface area contributed by atoms with Gasteiger partial charge in [-0.15, -0.1) is 0 Å². The first-order chi connectivity index (χ1) is 11.4. The van der Waals surface area contributed by atoms with Crippen LogP contribution in [0.5, 0.6) is 0 Å². The highest BCUT2D eigenvalue weighted by Crippen LogP contribution is 2.47. The predicted octanol–water partition coefficient (Wildman–Crippen LogP) is 3.57. The van der Waals surface area contributed by atoms with Crippen LogP contribution in [0.15, 0.2) is 18.2 Å². The summed E-state index contributed by atoms with van der Waals surface area (Å²) in [7, 11) is 0. The lowest BCUT2D eigenvalue weighted by Gasteiger charge is -2.46. The van der Waals surface area contributed by atoms with E-state index in [1.54, 1.807) is 16.8 Å². The average Bonchev–Trinajstić information content (AvgIpc) is 3.30. The van der Waals surface area contributed by atoms with E-state index in [9.17, 15) is 0 Å². The molecule has 4 aliphatic heterocycles. The third kappa shape index (κ3) is 2.32. The molecular weight excluding hydrogens is 282 g/mol. The van der Waals surface area contributed by atoms with Gasteiger partial charge in [-0.1, -0.05) is 18.2 Å². The topological polar surface area (TPSA) is 9.72 Å². The first-order valence-electron chi connectivity index (χ1n) is 9.78. The zero-order chi connectivity index (χ0) is 15.2. The lowest BCUT2D eigenvalue weighted by Crippen LogP contribution is -2.43. The van der Waals surface area contributed by atoms with E-state index in [0.717, 1.165) is 0 Å². The van der Waals surface area contributed by atoms with Crippen LogP contribution >= 0.6 is 0 Å². The maximum atomic E-state index is 2.76. The molecule has 4 heterocycles. The molecule has 5 rings (SSSR count). The van der Waals surface area contributed by atoms with Crippen LogP contribution < -0.4 is 4.90 Å². The van der Waals surface area contributed by atoms with E-state index >= 15 is 0 Å². The van der Waals surface area contributed by atoms with E-state index in [1.165, 1.54) is 77.8 Å². The number of hydrogen-bond acceptors (Lipinski definition) is 3. The van der Waals surface area contributed by atoms with E-state index in [0.29, 0.717) is 12.1 Å². The number of hydrogen-bond donors (Lipinski definition) is 0. The molecule has 23 heavy (non-hydrogen) atoms. The van der Waals surface area contributed by atoms with Gasteiger partial charge in [-0.05, 0) is 75.8 Å². The Hall–Kier alpha value is -1.06. The fourth-order valence-corrected chi connectivity index (χ4v) is 5.55. The second-order valence-electron chi connectivity index (χ2n) is 7.87. The van der Waals surface area contributed by atoms with Crippen molar-refractivity contribution in [3.8, 4) is 0 Å². The number of anilines is 1. The molecule has 1 aromatic carbocycles. The quantitative estimate of drug-likeness (QED) is 0.826. The van der Waals surface area contributed by atoms with Gasteiger partial charge in [0.25, 0.3) is 0 Å². The van der Waals surface area contributed by atoms with Crippen molar-refractivity contribution >= 4 is 5.69 Å².